The van der Waals surface area contributed by atoms with E-state index < -0.39 is 15.9 Å². The van der Waals surface area contributed by atoms with E-state index in [1.807, 2.05) is 43.3 Å². The summed E-state index contributed by atoms with van der Waals surface area (Å²) in [7, 11) is -4.14. The number of halogens is 1. The van der Waals surface area contributed by atoms with Crippen LogP contribution >= 0.6 is 11.6 Å². The summed E-state index contributed by atoms with van der Waals surface area (Å²) in [5.74, 6) is -0.287. The van der Waals surface area contributed by atoms with Crippen LogP contribution in [0.1, 0.15) is 38.3 Å². The maximum atomic E-state index is 13.2. The van der Waals surface area contributed by atoms with Crippen LogP contribution in [0.5, 0.6) is 0 Å². The van der Waals surface area contributed by atoms with E-state index >= 15 is 0 Å². The van der Waals surface area contributed by atoms with Crippen molar-refractivity contribution in [2.24, 2.45) is 0 Å². The molecule has 5 rings (SSSR count). The van der Waals surface area contributed by atoms with Gasteiger partial charge in [-0.2, -0.15) is 0 Å². The van der Waals surface area contributed by atoms with Crippen molar-refractivity contribution in [1.29, 1.82) is 0 Å². The van der Waals surface area contributed by atoms with Gasteiger partial charge in [0.2, 0.25) is 5.95 Å². The fraction of sp³-hybridized carbons (Fsp3) is 0.179. The summed E-state index contributed by atoms with van der Waals surface area (Å²) >= 11 is 5.95. The second-order valence-corrected chi connectivity index (χ2v) is 11.1. The molecule has 1 amide bonds. The van der Waals surface area contributed by atoms with Crippen LogP contribution in [-0.4, -0.2) is 30.8 Å². The van der Waals surface area contributed by atoms with Gasteiger partial charge in [0.05, 0.1) is 16.2 Å². The van der Waals surface area contributed by atoms with E-state index in [2.05, 4.69) is 26.7 Å². The summed E-state index contributed by atoms with van der Waals surface area (Å²) in [6.07, 6.45) is 2.63. The van der Waals surface area contributed by atoms with Gasteiger partial charge in [0.25, 0.3) is 15.9 Å². The van der Waals surface area contributed by atoms with Gasteiger partial charge in [-0.1, -0.05) is 71.8 Å². The summed E-state index contributed by atoms with van der Waals surface area (Å²) in [6, 6.07) is 21.9. The SMILES string of the molecule is Cc1cccc(Cc2nc(N3CCc4ccccc4C3)ncc2C(=O)NS(=O)(=O)c2cccc(Cl)c2)c1. The third-order valence-electron chi connectivity index (χ3n) is 6.30. The van der Waals surface area contributed by atoms with Gasteiger partial charge in [0.15, 0.2) is 0 Å². The van der Waals surface area contributed by atoms with Crippen LogP contribution in [0.25, 0.3) is 0 Å². The molecule has 1 aliphatic heterocycles. The predicted molar refractivity (Wildman–Crippen MR) is 143 cm³/mol. The van der Waals surface area contributed by atoms with E-state index in [4.69, 9.17) is 16.6 Å². The van der Waals surface area contributed by atoms with Gasteiger partial charge in [0.1, 0.15) is 0 Å². The van der Waals surface area contributed by atoms with Crippen LogP contribution in [0.3, 0.4) is 0 Å². The summed E-state index contributed by atoms with van der Waals surface area (Å²) in [4.78, 5) is 24.4. The number of hydrogen-bond donors (Lipinski definition) is 1. The minimum absolute atomic E-state index is 0.0990. The van der Waals surface area contributed by atoms with Crippen molar-refractivity contribution in [2.75, 3.05) is 11.4 Å². The van der Waals surface area contributed by atoms with E-state index in [1.54, 1.807) is 6.07 Å². The molecule has 4 aromatic rings. The molecular weight excluding hydrogens is 508 g/mol. The molecule has 7 nitrogen and oxygen atoms in total. The number of amides is 1. The second-order valence-electron chi connectivity index (χ2n) is 9.03. The lowest BCUT2D eigenvalue weighted by Crippen LogP contribution is -2.34. The van der Waals surface area contributed by atoms with Crippen LogP contribution in [0, 0.1) is 6.92 Å². The van der Waals surface area contributed by atoms with E-state index in [9.17, 15) is 13.2 Å². The van der Waals surface area contributed by atoms with Crippen molar-refractivity contribution < 1.29 is 13.2 Å². The zero-order valence-electron chi connectivity index (χ0n) is 20.2. The van der Waals surface area contributed by atoms with E-state index in [0.29, 0.717) is 24.6 Å². The summed E-state index contributed by atoms with van der Waals surface area (Å²) in [5, 5.41) is 0.256. The molecule has 0 unspecified atom stereocenters. The summed E-state index contributed by atoms with van der Waals surface area (Å²) in [6.45, 7) is 3.40. The van der Waals surface area contributed by atoms with Crippen molar-refractivity contribution in [3.8, 4) is 0 Å². The zero-order valence-corrected chi connectivity index (χ0v) is 21.8. The minimum atomic E-state index is -4.14. The molecule has 3 aromatic carbocycles. The number of sulfonamides is 1. The Bertz CT molecular complexity index is 1590. The van der Waals surface area contributed by atoms with Gasteiger partial charge in [-0.25, -0.2) is 23.1 Å². The number of carbonyl (C=O) groups is 1. The fourth-order valence-corrected chi connectivity index (χ4v) is 5.70. The number of nitrogens with zero attached hydrogens (tertiary/aromatic N) is 3. The van der Waals surface area contributed by atoms with Crippen molar-refractivity contribution in [2.45, 2.75) is 31.2 Å². The Morgan fingerprint density at radius 2 is 1.81 bits per heavy atom. The van der Waals surface area contributed by atoms with Gasteiger partial charge in [-0.05, 0) is 48.2 Å². The highest BCUT2D eigenvalue weighted by Gasteiger charge is 2.24. The molecule has 0 radical (unpaired) electrons. The lowest BCUT2D eigenvalue weighted by molar-refractivity contribution is 0.0980. The molecule has 0 atom stereocenters. The van der Waals surface area contributed by atoms with Crippen molar-refractivity contribution in [3.63, 3.8) is 0 Å². The lowest BCUT2D eigenvalue weighted by Gasteiger charge is -2.29. The standard InChI is InChI=1S/C28H25ClN4O3S/c1-19-6-4-7-20(14-19)15-26-25(27(34)32-37(35,36)24-11-5-10-23(29)16-24)17-30-28(31-26)33-13-12-21-8-2-3-9-22(21)18-33/h2-11,14,16-17H,12-13,15,18H2,1H3,(H,32,34). The zero-order chi connectivity index (χ0) is 26.0. The maximum Gasteiger partial charge on any atom is 0.268 e. The molecule has 0 aliphatic carbocycles. The lowest BCUT2D eigenvalue weighted by atomic mass is 10.0. The largest absolute Gasteiger partial charge is 0.336 e. The number of rotatable bonds is 6. The number of carbonyl (C=O) groups excluding carboxylic acids is 1. The van der Waals surface area contributed by atoms with Crippen LogP contribution in [0.15, 0.2) is 83.9 Å². The first-order chi connectivity index (χ1) is 17.8. The normalized spacial score (nSPS) is 13.2. The van der Waals surface area contributed by atoms with Gasteiger partial charge in [-0.3, -0.25) is 4.79 Å². The third kappa shape index (κ3) is 5.65. The van der Waals surface area contributed by atoms with Crippen LogP contribution < -0.4 is 9.62 Å². The average Bonchev–Trinajstić information content (AvgIpc) is 2.88. The molecule has 0 spiro atoms. The predicted octanol–water partition coefficient (Wildman–Crippen LogP) is 4.71. The number of hydrogen-bond acceptors (Lipinski definition) is 6. The van der Waals surface area contributed by atoms with E-state index in [-0.39, 0.29) is 15.5 Å². The molecule has 2 heterocycles. The van der Waals surface area contributed by atoms with Crippen molar-refractivity contribution >= 4 is 33.5 Å². The maximum absolute atomic E-state index is 13.2. The molecular formula is C28H25ClN4O3S. The Balaban J connectivity index is 1.48. The minimum Gasteiger partial charge on any atom is -0.336 e. The molecule has 0 fully saturated rings. The fourth-order valence-electron chi connectivity index (χ4n) is 4.44. The molecule has 37 heavy (non-hydrogen) atoms. The van der Waals surface area contributed by atoms with Crippen molar-refractivity contribution in [3.05, 3.63) is 118 Å². The number of fused-ring (bicyclic) bond motifs is 1. The van der Waals surface area contributed by atoms with E-state index in [1.165, 1.54) is 35.5 Å². The first-order valence-corrected chi connectivity index (χ1v) is 13.7. The Labute approximate surface area is 221 Å². The summed E-state index contributed by atoms with van der Waals surface area (Å²) in [5.41, 5.74) is 5.11. The quantitative estimate of drug-likeness (QED) is 0.386. The number of anilines is 1. The van der Waals surface area contributed by atoms with Gasteiger partial charge < -0.3 is 4.90 Å². The smallest absolute Gasteiger partial charge is 0.268 e. The Hall–Kier alpha value is -3.75. The molecule has 188 valence electrons. The van der Waals surface area contributed by atoms with Gasteiger partial charge in [0, 0.05) is 30.7 Å². The average molecular weight is 533 g/mol. The first kappa shape index (κ1) is 24.9. The van der Waals surface area contributed by atoms with Gasteiger partial charge in [-0.15, -0.1) is 0 Å². The topological polar surface area (TPSA) is 92.3 Å². The Morgan fingerprint density at radius 1 is 1.03 bits per heavy atom. The Kier molecular flexibility index (Phi) is 6.95. The third-order valence-corrected chi connectivity index (χ3v) is 7.86. The molecule has 9 heteroatoms. The molecule has 0 bridgehead atoms. The van der Waals surface area contributed by atoms with Crippen LogP contribution in [0.4, 0.5) is 5.95 Å². The summed E-state index contributed by atoms with van der Waals surface area (Å²) < 4.78 is 27.9. The highest BCUT2D eigenvalue weighted by Crippen LogP contribution is 2.24. The van der Waals surface area contributed by atoms with Gasteiger partial charge >= 0.3 is 0 Å². The first-order valence-electron chi connectivity index (χ1n) is 11.8. The molecule has 1 aromatic heterocycles. The number of nitrogens with one attached hydrogen (secondary N) is 1. The second kappa shape index (κ2) is 10.3. The monoisotopic (exact) mass is 532 g/mol. The molecule has 1 N–H and O–H groups in total. The van der Waals surface area contributed by atoms with Crippen LogP contribution in [0.2, 0.25) is 5.02 Å². The number of aryl methyl sites for hydroxylation is 1. The number of benzene rings is 3. The highest BCUT2D eigenvalue weighted by atomic mass is 35.5. The molecule has 1 aliphatic rings. The highest BCUT2D eigenvalue weighted by molar-refractivity contribution is 7.90. The number of aromatic nitrogens is 2. The van der Waals surface area contributed by atoms with Crippen LogP contribution in [-0.2, 0) is 29.4 Å². The molecule has 0 saturated heterocycles. The van der Waals surface area contributed by atoms with E-state index in [0.717, 1.165) is 24.1 Å². The molecule has 0 saturated carbocycles. The Morgan fingerprint density at radius 3 is 2.59 bits per heavy atom. The van der Waals surface area contributed by atoms with Crippen molar-refractivity contribution in [1.82, 2.24) is 14.7 Å².